The molecule has 0 spiro atoms. The number of alkyl halides is 3. The van der Waals surface area contributed by atoms with E-state index in [0.717, 1.165) is 12.1 Å². The fourth-order valence-electron chi connectivity index (χ4n) is 2.25. The minimum absolute atomic E-state index is 0.162. The van der Waals surface area contributed by atoms with Crippen LogP contribution < -0.4 is 5.32 Å². The molecular formula is C17H13F3N4O. The molecule has 0 atom stereocenters. The number of benzene rings is 1. The lowest BCUT2D eigenvalue weighted by molar-refractivity contribution is -0.137. The Morgan fingerprint density at radius 2 is 1.92 bits per heavy atom. The highest BCUT2D eigenvalue weighted by Crippen LogP contribution is 2.29. The summed E-state index contributed by atoms with van der Waals surface area (Å²) < 4.78 is 39.7. The monoisotopic (exact) mass is 346 g/mol. The SMILES string of the molecule is O=C(Nc1cnn(Cc2cccc(C(F)(F)F)c2)c1)c1ccncc1. The number of pyridine rings is 1. The molecule has 2 aromatic heterocycles. The Kier molecular flexibility index (Phi) is 4.51. The lowest BCUT2D eigenvalue weighted by Gasteiger charge is -2.08. The van der Waals surface area contributed by atoms with Crippen LogP contribution >= 0.6 is 0 Å². The lowest BCUT2D eigenvalue weighted by atomic mass is 10.1. The first-order chi connectivity index (χ1) is 11.9. The normalized spacial score (nSPS) is 11.3. The van der Waals surface area contributed by atoms with Gasteiger partial charge < -0.3 is 5.32 Å². The molecule has 1 amide bonds. The number of carbonyl (C=O) groups is 1. The number of anilines is 1. The molecule has 1 aromatic carbocycles. The number of carbonyl (C=O) groups excluding carboxylic acids is 1. The Labute approximate surface area is 141 Å². The predicted octanol–water partition coefficient (Wildman–Crippen LogP) is 3.60. The molecule has 0 aliphatic heterocycles. The first-order valence-corrected chi connectivity index (χ1v) is 7.32. The molecule has 3 rings (SSSR count). The molecule has 0 aliphatic rings. The number of hydrogen-bond donors (Lipinski definition) is 1. The third-order valence-electron chi connectivity index (χ3n) is 3.43. The van der Waals surface area contributed by atoms with Crippen molar-refractivity contribution in [3.8, 4) is 0 Å². The summed E-state index contributed by atoms with van der Waals surface area (Å²) in [5.41, 5.74) is 0.655. The second kappa shape index (κ2) is 6.76. The van der Waals surface area contributed by atoms with E-state index in [0.29, 0.717) is 16.8 Å². The summed E-state index contributed by atoms with van der Waals surface area (Å²) in [6.07, 6.45) is 1.62. The van der Waals surface area contributed by atoms with E-state index in [4.69, 9.17) is 0 Å². The molecular weight excluding hydrogens is 333 g/mol. The summed E-state index contributed by atoms with van der Waals surface area (Å²) in [6.45, 7) is 0.162. The number of hydrogen-bond acceptors (Lipinski definition) is 3. The van der Waals surface area contributed by atoms with Crippen LogP contribution in [0.5, 0.6) is 0 Å². The van der Waals surface area contributed by atoms with Gasteiger partial charge in [0.2, 0.25) is 0 Å². The maximum Gasteiger partial charge on any atom is 0.416 e. The molecule has 0 saturated carbocycles. The molecule has 8 heteroatoms. The zero-order chi connectivity index (χ0) is 17.9. The summed E-state index contributed by atoms with van der Waals surface area (Å²) in [7, 11) is 0. The van der Waals surface area contributed by atoms with Crippen LogP contribution in [0.25, 0.3) is 0 Å². The maximum atomic E-state index is 12.7. The van der Waals surface area contributed by atoms with Crippen molar-refractivity contribution in [2.75, 3.05) is 5.32 Å². The predicted molar refractivity (Wildman–Crippen MR) is 85.0 cm³/mol. The number of nitrogens with zero attached hydrogens (tertiary/aromatic N) is 3. The van der Waals surface area contributed by atoms with Crippen molar-refractivity contribution in [1.29, 1.82) is 0 Å². The van der Waals surface area contributed by atoms with Crippen LogP contribution in [0, 0.1) is 0 Å². The zero-order valence-corrected chi connectivity index (χ0v) is 12.9. The van der Waals surface area contributed by atoms with Gasteiger partial charge in [0.15, 0.2) is 0 Å². The summed E-state index contributed by atoms with van der Waals surface area (Å²) in [6, 6.07) is 8.19. The summed E-state index contributed by atoms with van der Waals surface area (Å²) in [5.74, 6) is -0.319. The maximum absolute atomic E-state index is 12.7. The molecule has 25 heavy (non-hydrogen) atoms. The molecule has 128 valence electrons. The van der Waals surface area contributed by atoms with Gasteiger partial charge in [0.1, 0.15) is 0 Å². The van der Waals surface area contributed by atoms with E-state index in [9.17, 15) is 18.0 Å². The van der Waals surface area contributed by atoms with E-state index in [2.05, 4.69) is 15.4 Å². The molecule has 0 aliphatic carbocycles. The number of amides is 1. The van der Waals surface area contributed by atoms with Crippen molar-refractivity contribution in [1.82, 2.24) is 14.8 Å². The molecule has 0 unspecified atom stereocenters. The Balaban J connectivity index is 1.69. The smallest absolute Gasteiger partial charge is 0.319 e. The summed E-state index contributed by atoms with van der Waals surface area (Å²) in [4.78, 5) is 15.9. The number of rotatable bonds is 4. The number of halogens is 3. The van der Waals surface area contributed by atoms with E-state index in [1.807, 2.05) is 0 Å². The van der Waals surface area contributed by atoms with E-state index < -0.39 is 11.7 Å². The Morgan fingerprint density at radius 3 is 2.64 bits per heavy atom. The first kappa shape index (κ1) is 16.7. The zero-order valence-electron chi connectivity index (χ0n) is 12.9. The van der Waals surface area contributed by atoms with Gasteiger partial charge in [0.05, 0.1) is 24.0 Å². The second-order valence-electron chi connectivity index (χ2n) is 5.31. The standard InChI is InChI=1S/C17H13F3N4O/c18-17(19,20)14-3-1-2-12(8-14)10-24-11-15(9-22-24)23-16(25)13-4-6-21-7-5-13/h1-9,11H,10H2,(H,23,25). The van der Waals surface area contributed by atoms with Gasteiger partial charge in [-0.3, -0.25) is 14.5 Å². The Morgan fingerprint density at radius 1 is 1.16 bits per heavy atom. The average Bonchev–Trinajstić information content (AvgIpc) is 3.02. The van der Waals surface area contributed by atoms with Crippen molar-refractivity contribution < 1.29 is 18.0 Å². The van der Waals surface area contributed by atoms with Crippen LogP contribution in [-0.2, 0) is 12.7 Å². The largest absolute Gasteiger partial charge is 0.416 e. The highest BCUT2D eigenvalue weighted by Gasteiger charge is 2.30. The minimum atomic E-state index is -4.39. The van der Waals surface area contributed by atoms with Gasteiger partial charge in [-0.25, -0.2) is 0 Å². The van der Waals surface area contributed by atoms with E-state index in [-0.39, 0.29) is 12.5 Å². The number of aromatic nitrogens is 3. The molecule has 1 N–H and O–H groups in total. The molecule has 0 radical (unpaired) electrons. The molecule has 0 saturated heterocycles. The Bertz CT molecular complexity index is 875. The van der Waals surface area contributed by atoms with Gasteiger partial charge >= 0.3 is 6.18 Å². The fraction of sp³-hybridized carbons (Fsp3) is 0.118. The molecule has 2 heterocycles. The third-order valence-corrected chi connectivity index (χ3v) is 3.43. The van der Waals surface area contributed by atoms with E-state index in [1.165, 1.54) is 29.3 Å². The van der Waals surface area contributed by atoms with Gasteiger partial charge in [0, 0.05) is 24.2 Å². The third kappa shape index (κ3) is 4.23. The van der Waals surface area contributed by atoms with Gasteiger partial charge in [-0.05, 0) is 29.8 Å². The van der Waals surface area contributed by atoms with Crippen molar-refractivity contribution >= 4 is 11.6 Å². The summed E-state index contributed by atoms with van der Waals surface area (Å²) in [5, 5.41) is 6.73. The van der Waals surface area contributed by atoms with Crippen molar-refractivity contribution in [2.24, 2.45) is 0 Å². The van der Waals surface area contributed by atoms with E-state index >= 15 is 0 Å². The molecule has 3 aromatic rings. The van der Waals surface area contributed by atoms with Crippen molar-refractivity contribution in [2.45, 2.75) is 12.7 Å². The van der Waals surface area contributed by atoms with Crippen molar-refractivity contribution in [3.63, 3.8) is 0 Å². The van der Waals surface area contributed by atoms with Crippen molar-refractivity contribution in [3.05, 3.63) is 77.9 Å². The van der Waals surface area contributed by atoms with Gasteiger partial charge in [-0.15, -0.1) is 0 Å². The molecule has 0 fully saturated rings. The quantitative estimate of drug-likeness (QED) is 0.785. The summed E-state index contributed by atoms with van der Waals surface area (Å²) >= 11 is 0. The van der Waals surface area contributed by atoms with Crippen LogP contribution in [0.4, 0.5) is 18.9 Å². The van der Waals surface area contributed by atoms with Crippen LogP contribution in [0.2, 0.25) is 0 Å². The highest BCUT2D eigenvalue weighted by atomic mass is 19.4. The number of nitrogens with one attached hydrogen (secondary N) is 1. The lowest BCUT2D eigenvalue weighted by Crippen LogP contribution is -2.11. The van der Waals surface area contributed by atoms with Crippen LogP contribution in [-0.4, -0.2) is 20.7 Å². The van der Waals surface area contributed by atoms with E-state index in [1.54, 1.807) is 24.4 Å². The van der Waals surface area contributed by atoms with Gasteiger partial charge in [-0.2, -0.15) is 18.3 Å². The van der Waals surface area contributed by atoms with Gasteiger partial charge in [-0.1, -0.05) is 12.1 Å². The first-order valence-electron chi connectivity index (χ1n) is 7.32. The average molecular weight is 346 g/mol. The molecule has 0 bridgehead atoms. The highest BCUT2D eigenvalue weighted by molar-refractivity contribution is 6.03. The second-order valence-corrected chi connectivity index (χ2v) is 5.31. The Hall–Kier alpha value is -3.16. The topological polar surface area (TPSA) is 59.8 Å². The fourth-order valence-corrected chi connectivity index (χ4v) is 2.25. The van der Waals surface area contributed by atoms with Crippen LogP contribution in [0.15, 0.2) is 61.2 Å². The molecule has 5 nitrogen and oxygen atoms in total. The van der Waals surface area contributed by atoms with Gasteiger partial charge in [0.25, 0.3) is 5.91 Å². The minimum Gasteiger partial charge on any atom is -0.319 e. The van der Waals surface area contributed by atoms with Crippen LogP contribution in [0.3, 0.4) is 0 Å². The van der Waals surface area contributed by atoms with Crippen LogP contribution in [0.1, 0.15) is 21.5 Å².